The summed E-state index contributed by atoms with van der Waals surface area (Å²) in [6.07, 6.45) is 3.43. The molecule has 0 aliphatic rings. The van der Waals surface area contributed by atoms with E-state index in [2.05, 4.69) is 21.9 Å². The third kappa shape index (κ3) is 4.06. The minimum atomic E-state index is 0.0158. The Morgan fingerprint density at radius 3 is 2.53 bits per heavy atom. The Kier molecular flexibility index (Phi) is 4.52. The fourth-order valence-corrected chi connectivity index (χ4v) is 1.76. The van der Waals surface area contributed by atoms with Gasteiger partial charge in [0.2, 0.25) is 11.2 Å². The van der Waals surface area contributed by atoms with E-state index in [0.717, 1.165) is 6.42 Å². The van der Waals surface area contributed by atoms with Gasteiger partial charge in [-0.2, -0.15) is 15.0 Å². The standard InChI is InChI=1S/C13H15ClN4O/c1-2-3-4-9-5-7-10(8-6-9)19-13-17-11(14)16-12(15)18-13/h5-8H,2-4H2,1H3,(H2,15,16,17,18). The molecule has 0 radical (unpaired) electrons. The maximum atomic E-state index is 5.68. The van der Waals surface area contributed by atoms with Gasteiger partial charge in [0, 0.05) is 0 Å². The third-order valence-electron chi connectivity index (χ3n) is 2.56. The molecule has 5 nitrogen and oxygen atoms in total. The lowest BCUT2D eigenvalue weighted by Gasteiger charge is -2.05. The maximum Gasteiger partial charge on any atom is 0.328 e. The van der Waals surface area contributed by atoms with Crippen LogP contribution >= 0.6 is 11.6 Å². The van der Waals surface area contributed by atoms with E-state index in [1.807, 2.05) is 24.3 Å². The van der Waals surface area contributed by atoms with Gasteiger partial charge in [0.1, 0.15) is 5.75 Å². The molecule has 0 amide bonds. The number of aryl methyl sites for hydroxylation is 1. The molecular weight excluding hydrogens is 264 g/mol. The highest BCUT2D eigenvalue weighted by Crippen LogP contribution is 2.20. The molecule has 6 heteroatoms. The molecule has 1 aromatic heterocycles. The van der Waals surface area contributed by atoms with Gasteiger partial charge in [0.05, 0.1) is 0 Å². The molecule has 2 aromatic rings. The number of hydrogen-bond acceptors (Lipinski definition) is 5. The Labute approximate surface area is 116 Å². The SMILES string of the molecule is CCCCc1ccc(Oc2nc(N)nc(Cl)n2)cc1. The van der Waals surface area contributed by atoms with Crippen molar-refractivity contribution in [2.45, 2.75) is 26.2 Å². The van der Waals surface area contributed by atoms with Gasteiger partial charge in [-0.1, -0.05) is 25.5 Å². The topological polar surface area (TPSA) is 73.9 Å². The van der Waals surface area contributed by atoms with Crippen LogP contribution in [0.15, 0.2) is 24.3 Å². The van der Waals surface area contributed by atoms with Crippen LogP contribution in [0.4, 0.5) is 5.95 Å². The Bertz CT molecular complexity index is 525. The van der Waals surface area contributed by atoms with Crippen LogP contribution in [-0.4, -0.2) is 15.0 Å². The number of rotatable bonds is 5. The van der Waals surface area contributed by atoms with Gasteiger partial charge in [0.25, 0.3) is 0 Å². The molecule has 0 aliphatic carbocycles. The van der Waals surface area contributed by atoms with Crippen LogP contribution in [0.1, 0.15) is 25.3 Å². The number of unbranched alkanes of at least 4 members (excludes halogenated alkanes) is 1. The lowest BCUT2D eigenvalue weighted by atomic mass is 10.1. The van der Waals surface area contributed by atoms with Crippen molar-refractivity contribution in [1.82, 2.24) is 15.0 Å². The summed E-state index contributed by atoms with van der Waals surface area (Å²) in [6, 6.07) is 7.89. The number of hydrogen-bond donors (Lipinski definition) is 1. The van der Waals surface area contributed by atoms with Crippen LogP contribution in [0.25, 0.3) is 0 Å². The van der Waals surface area contributed by atoms with E-state index in [1.165, 1.54) is 18.4 Å². The summed E-state index contributed by atoms with van der Waals surface area (Å²) < 4.78 is 5.47. The average Bonchev–Trinajstić information content (AvgIpc) is 2.37. The van der Waals surface area contributed by atoms with Crippen LogP contribution in [0, 0.1) is 0 Å². The second-order valence-electron chi connectivity index (χ2n) is 4.09. The number of nitrogens with zero attached hydrogens (tertiary/aromatic N) is 3. The highest BCUT2D eigenvalue weighted by molar-refractivity contribution is 6.28. The van der Waals surface area contributed by atoms with Crippen LogP contribution in [-0.2, 0) is 6.42 Å². The Hall–Kier alpha value is -1.88. The second-order valence-corrected chi connectivity index (χ2v) is 4.43. The minimum Gasteiger partial charge on any atom is -0.424 e. The monoisotopic (exact) mass is 278 g/mol. The Morgan fingerprint density at radius 1 is 1.16 bits per heavy atom. The van der Waals surface area contributed by atoms with Gasteiger partial charge in [0.15, 0.2) is 0 Å². The van der Waals surface area contributed by atoms with Crippen LogP contribution < -0.4 is 10.5 Å². The number of ether oxygens (including phenoxy) is 1. The van der Waals surface area contributed by atoms with Gasteiger partial charge in [-0.25, -0.2) is 0 Å². The largest absolute Gasteiger partial charge is 0.424 e. The van der Waals surface area contributed by atoms with E-state index in [-0.39, 0.29) is 17.2 Å². The molecule has 1 aromatic carbocycles. The normalized spacial score (nSPS) is 10.4. The quantitative estimate of drug-likeness (QED) is 0.909. The van der Waals surface area contributed by atoms with Gasteiger partial charge < -0.3 is 10.5 Å². The zero-order valence-electron chi connectivity index (χ0n) is 10.6. The predicted octanol–water partition coefficient (Wildman–Crippen LogP) is 3.24. The Morgan fingerprint density at radius 2 is 1.89 bits per heavy atom. The summed E-state index contributed by atoms with van der Waals surface area (Å²) in [7, 11) is 0. The number of aromatic nitrogens is 3. The van der Waals surface area contributed by atoms with Crippen molar-refractivity contribution in [1.29, 1.82) is 0 Å². The molecule has 0 unspecified atom stereocenters. The van der Waals surface area contributed by atoms with Crippen molar-refractivity contribution < 1.29 is 4.74 Å². The second kappa shape index (κ2) is 6.33. The molecule has 0 saturated heterocycles. The van der Waals surface area contributed by atoms with Crippen molar-refractivity contribution in [2.24, 2.45) is 0 Å². The van der Waals surface area contributed by atoms with Crippen molar-refractivity contribution in [2.75, 3.05) is 5.73 Å². The van der Waals surface area contributed by atoms with Crippen molar-refractivity contribution in [3.63, 3.8) is 0 Å². The fourth-order valence-electron chi connectivity index (χ4n) is 1.60. The average molecular weight is 279 g/mol. The van der Waals surface area contributed by atoms with E-state index < -0.39 is 0 Å². The number of benzene rings is 1. The molecule has 100 valence electrons. The highest BCUT2D eigenvalue weighted by Gasteiger charge is 2.05. The van der Waals surface area contributed by atoms with Crippen molar-refractivity contribution >= 4 is 17.5 Å². The molecule has 0 bridgehead atoms. The summed E-state index contributed by atoms with van der Waals surface area (Å²) in [5.41, 5.74) is 6.75. The summed E-state index contributed by atoms with van der Waals surface area (Å²) >= 11 is 5.68. The summed E-state index contributed by atoms with van der Waals surface area (Å²) in [4.78, 5) is 11.4. The first-order valence-electron chi connectivity index (χ1n) is 6.11. The van der Waals surface area contributed by atoms with Crippen molar-refractivity contribution in [3.8, 4) is 11.8 Å². The molecule has 1 heterocycles. The molecule has 0 spiro atoms. The zero-order valence-corrected chi connectivity index (χ0v) is 11.4. The fraction of sp³-hybridized carbons (Fsp3) is 0.308. The molecule has 0 aliphatic heterocycles. The van der Waals surface area contributed by atoms with E-state index in [0.29, 0.717) is 5.75 Å². The molecule has 0 fully saturated rings. The highest BCUT2D eigenvalue weighted by atomic mass is 35.5. The number of nitrogens with two attached hydrogens (primary N) is 1. The van der Waals surface area contributed by atoms with Crippen molar-refractivity contribution in [3.05, 3.63) is 35.1 Å². The first kappa shape index (κ1) is 13.5. The van der Waals surface area contributed by atoms with Gasteiger partial charge >= 0.3 is 6.01 Å². The number of nitrogen functional groups attached to an aromatic ring is 1. The zero-order chi connectivity index (χ0) is 13.7. The molecular formula is C13H15ClN4O. The van der Waals surface area contributed by atoms with E-state index in [1.54, 1.807) is 0 Å². The molecule has 0 saturated carbocycles. The lowest BCUT2D eigenvalue weighted by molar-refractivity contribution is 0.440. The van der Waals surface area contributed by atoms with Crippen LogP contribution in [0.2, 0.25) is 5.28 Å². The predicted molar refractivity (Wildman–Crippen MR) is 74.4 cm³/mol. The summed E-state index contributed by atoms with van der Waals surface area (Å²) in [6.45, 7) is 2.17. The van der Waals surface area contributed by atoms with Crippen LogP contribution in [0.3, 0.4) is 0 Å². The molecule has 0 atom stereocenters. The smallest absolute Gasteiger partial charge is 0.328 e. The first-order valence-corrected chi connectivity index (χ1v) is 6.49. The van der Waals surface area contributed by atoms with E-state index in [4.69, 9.17) is 22.1 Å². The number of halogens is 1. The van der Waals surface area contributed by atoms with E-state index in [9.17, 15) is 0 Å². The summed E-state index contributed by atoms with van der Waals surface area (Å²) in [5, 5.41) is 0.0158. The molecule has 2 N–H and O–H groups in total. The number of anilines is 1. The first-order chi connectivity index (χ1) is 9.17. The van der Waals surface area contributed by atoms with Gasteiger partial charge in [-0.05, 0) is 42.1 Å². The van der Waals surface area contributed by atoms with Gasteiger partial charge in [-0.15, -0.1) is 0 Å². The Balaban J connectivity index is 2.06. The third-order valence-corrected chi connectivity index (χ3v) is 2.73. The minimum absolute atomic E-state index is 0.0158. The molecule has 2 rings (SSSR count). The lowest BCUT2D eigenvalue weighted by Crippen LogP contribution is -2.00. The van der Waals surface area contributed by atoms with Gasteiger partial charge in [-0.3, -0.25) is 0 Å². The van der Waals surface area contributed by atoms with E-state index >= 15 is 0 Å². The van der Waals surface area contributed by atoms with Crippen LogP contribution in [0.5, 0.6) is 11.8 Å². The summed E-state index contributed by atoms with van der Waals surface area (Å²) in [5.74, 6) is 0.677. The maximum absolute atomic E-state index is 5.68. The molecule has 19 heavy (non-hydrogen) atoms.